The highest BCUT2D eigenvalue weighted by atomic mass is 16.4. The summed E-state index contributed by atoms with van der Waals surface area (Å²) in [6.45, 7) is 6.61. The first-order chi connectivity index (χ1) is 13.3. The molecule has 0 heterocycles. The minimum absolute atomic E-state index is 0.236. The third kappa shape index (κ3) is 13.6. The smallest absolute Gasteiger partial charge is 0.326 e. The van der Waals surface area contributed by atoms with E-state index in [1.807, 2.05) is 0 Å². The topological polar surface area (TPSA) is 104 Å². The van der Waals surface area contributed by atoms with Crippen molar-refractivity contribution in [1.29, 1.82) is 0 Å². The van der Waals surface area contributed by atoms with E-state index in [1.54, 1.807) is 0 Å². The maximum Gasteiger partial charge on any atom is 0.326 e. The fraction of sp³-hybridized carbons (Fsp3) is 0.864. The lowest BCUT2D eigenvalue weighted by molar-refractivity contribution is -0.147. The van der Waals surface area contributed by atoms with Gasteiger partial charge in [-0.05, 0) is 18.8 Å². The van der Waals surface area contributed by atoms with Crippen LogP contribution in [0.1, 0.15) is 104 Å². The maximum atomic E-state index is 12.6. The molecule has 0 fully saturated rings. The molecule has 6 nitrogen and oxygen atoms in total. The van der Waals surface area contributed by atoms with Crippen molar-refractivity contribution in [1.82, 2.24) is 5.32 Å². The van der Waals surface area contributed by atoms with Gasteiger partial charge in [0, 0.05) is 5.92 Å². The number of rotatable bonds is 18. The molecule has 0 aromatic carbocycles. The van der Waals surface area contributed by atoms with E-state index in [0.29, 0.717) is 0 Å². The third-order valence-electron chi connectivity index (χ3n) is 5.30. The zero-order valence-electron chi connectivity index (χ0n) is 18.0. The molecule has 0 saturated carbocycles. The molecule has 0 aliphatic rings. The van der Waals surface area contributed by atoms with Crippen LogP contribution in [0.3, 0.4) is 0 Å². The Balaban J connectivity index is 4.56. The molecular formula is C22H41NO5. The summed E-state index contributed by atoms with van der Waals surface area (Å²) in [4.78, 5) is 34.7. The fourth-order valence-corrected chi connectivity index (χ4v) is 3.59. The summed E-state index contributed by atoms with van der Waals surface area (Å²) < 4.78 is 0. The van der Waals surface area contributed by atoms with Gasteiger partial charge >= 0.3 is 11.9 Å². The Morgan fingerprint density at radius 1 is 0.786 bits per heavy atom. The minimum Gasteiger partial charge on any atom is -0.481 e. The number of carbonyl (C=O) groups excluding carboxylic acids is 1. The highest BCUT2D eigenvalue weighted by Gasteiger charge is 2.26. The Labute approximate surface area is 170 Å². The van der Waals surface area contributed by atoms with E-state index in [4.69, 9.17) is 10.2 Å². The average Bonchev–Trinajstić information content (AvgIpc) is 2.62. The van der Waals surface area contributed by atoms with Gasteiger partial charge in [0.25, 0.3) is 0 Å². The summed E-state index contributed by atoms with van der Waals surface area (Å²) in [6.07, 6.45) is 12.0. The van der Waals surface area contributed by atoms with Crippen LogP contribution in [-0.4, -0.2) is 34.1 Å². The Hall–Kier alpha value is -1.59. The van der Waals surface area contributed by atoms with Gasteiger partial charge in [-0.2, -0.15) is 0 Å². The zero-order valence-corrected chi connectivity index (χ0v) is 18.0. The maximum absolute atomic E-state index is 12.6. The van der Waals surface area contributed by atoms with Crippen LogP contribution in [0.15, 0.2) is 0 Å². The summed E-state index contributed by atoms with van der Waals surface area (Å²) in [5.41, 5.74) is 0. The predicted molar refractivity (Wildman–Crippen MR) is 111 cm³/mol. The number of hydrogen-bond acceptors (Lipinski definition) is 3. The quantitative estimate of drug-likeness (QED) is 0.281. The molecule has 1 amide bonds. The van der Waals surface area contributed by atoms with Crippen molar-refractivity contribution in [2.45, 2.75) is 110 Å². The second-order valence-electron chi connectivity index (χ2n) is 8.08. The van der Waals surface area contributed by atoms with Crippen molar-refractivity contribution in [2.75, 3.05) is 0 Å². The molecule has 3 atom stereocenters. The first kappa shape index (κ1) is 26.4. The minimum atomic E-state index is -1.36. The molecule has 3 N–H and O–H groups in total. The molecule has 0 aliphatic heterocycles. The van der Waals surface area contributed by atoms with Gasteiger partial charge in [-0.15, -0.1) is 0 Å². The standard InChI is InChI=1S/C22H41NO5/c1-4-6-7-10-14-18(15-11-8-9-13-17(3)12-5-2)21(26)23-19(22(27)28)16-20(24)25/h17-19H,4-16H2,1-3H3,(H,23,26)(H,24,25)(H,27,28). The van der Waals surface area contributed by atoms with Crippen LogP contribution in [0.25, 0.3) is 0 Å². The van der Waals surface area contributed by atoms with Gasteiger partial charge < -0.3 is 15.5 Å². The van der Waals surface area contributed by atoms with Crippen LogP contribution >= 0.6 is 0 Å². The fourth-order valence-electron chi connectivity index (χ4n) is 3.59. The number of amides is 1. The van der Waals surface area contributed by atoms with E-state index in [0.717, 1.165) is 63.7 Å². The van der Waals surface area contributed by atoms with Gasteiger partial charge in [-0.3, -0.25) is 9.59 Å². The van der Waals surface area contributed by atoms with E-state index >= 15 is 0 Å². The summed E-state index contributed by atoms with van der Waals surface area (Å²) in [7, 11) is 0. The van der Waals surface area contributed by atoms with Gasteiger partial charge in [0.05, 0.1) is 6.42 Å². The molecule has 0 rings (SSSR count). The van der Waals surface area contributed by atoms with Crippen molar-refractivity contribution >= 4 is 17.8 Å². The molecule has 0 bridgehead atoms. The summed E-state index contributed by atoms with van der Waals surface area (Å²) in [6, 6.07) is -1.36. The SMILES string of the molecule is CCCCCCC(CCCCCC(C)CCC)C(=O)NC(CC(=O)O)C(=O)O. The van der Waals surface area contributed by atoms with E-state index in [1.165, 1.54) is 19.3 Å². The molecule has 28 heavy (non-hydrogen) atoms. The van der Waals surface area contributed by atoms with Gasteiger partial charge in [0.2, 0.25) is 5.91 Å². The largest absolute Gasteiger partial charge is 0.481 e. The van der Waals surface area contributed by atoms with Crippen molar-refractivity contribution in [3.63, 3.8) is 0 Å². The zero-order chi connectivity index (χ0) is 21.4. The van der Waals surface area contributed by atoms with Crippen molar-refractivity contribution in [3.05, 3.63) is 0 Å². The van der Waals surface area contributed by atoms with Crippen LogP contribution in [0, 0.1) is 11.8 Å². The molecule has 0 aromatic heterocycles. The number of unbranched alkanes of at least 4 members (excludes halogenated alkanes) is 5. The van der Waals surface area contributed by atoms with Crippen LogP contribution in [0.2, 0.25) is 0 Å². The lowest BCUT2D eigenvalue weighted by atomic mass is 9.92. The van der Waals surface area contributed by atoms with E-state index in [2.05, 4.69) is 26.1 Å². The lowest BCUT2D eigenvalue weighted by Gasteiger charge is -2.20. The summed E-state index contributed by atoms with van der Waals surface area (Å²) in [5, 5.41) is 20.5. The number of carboxylic acids is 2. The summed E-state index contributed by atoms with van der Waals surface area (Å²) in [5.74, 6) is -2.34. The van der Waals surface area contributed by atoms with Crippen LogP contribution < -0.4 is 5.32 Å². The first-order valence-corrected chi connectivity index (χ1v) is 11.1. The van der Waals surface area contributed by atoms with E-state index < -0.39 is 24.4 Å². The lowest BCUT2D eigenvalue weighted by Crippen LogP contribution is -2.44. The number of carboxylic acid groups (broad SMARTS) is 2. The van der Waals surface area contributed by atoms with Gasteiger partial charge in [-0.1, -0.05) is 85.0 Å². The molecule has 164 valence electrons. The number of hydrogen-bond donors (Lipinski definition) is 3. The number of carbonyl (C=O) groups is 3. The summed E-state index contributed by atoms with van der Waals surface area (Å²) >= 11 is 0. The van der Waals surface area contributed by atoms with Crippen LogP contribution in [-0.2, 0) is 14.4 Å². The molecule has 6 heteroatoms. The monoisotopic (exact) mass is 399 g/mol. The predicted octanol–water partition coefficient (Wildman–Crippen LogP) is 5.00. The average molecular weight is 400 g/mol. The Kier molecular flexibility index (Phi) is 15.4. The van der Waals surface area contributed by atoms with E-state index in [9.17, 15) is 14.4 Å². The van der Waals surface area contributed by atoms with E-state index in [-0.39, 0.29) is 11.8 Å². The highest BCUT2D eigenvalue weighted by Crippen LogP contribution is 2.21. The normalized spacial score (nSPS) is 14.2. The van der Waals surface area contributed by atoms with Gasteiger partial charge in [0.15, 0.2) is 0 Å². The molecular weight excluding hydrogens is 358 g/mol. The molecule has 0 aromatic rings. The number of aliphatic carboxylic acids is 2. The molecule has 0 spiro atoms. The van der Waals surface area contributed by atoms with Crippen molar-refractivity contribution in [2.24, 2.45) is 11.8 Å². The van der Waals surface area contributed by atoms with Crippen molar-refractivity contribution in [3.8, 4) is 0 Å². The molecule has 0 aliphatic carbocycles. The Morgan fingerprint density at radius 2 is 1.36 bits per heavy atom. The first-order valence-electron chi connectivity index (χ1n) is 11.1. The molecule has 0 saturated heterocycles. The Morgan fingerprint density at radius 3 is 1.86 bits per heavy atom. The second-order valence-corrected chi connectivity index (χ2v) is 8.08. The second kappa shape index (κ2) is 16.4. The van der Waals surface area contributed by atoms with Crippen molar-refractivity contribution < 1.29 is 24.6 Å². The van der Waals surface area contributed by atoms with Crippen LogP contribution in [0.5, 0.6) is 0 Å². The van der Waals surface area contributed by atoms with Gasteiger partial charge in [0.1, 0.15) is 6.04 Å². The highest BCUT2D eigenvalue weighted by molar-refractivity contribution is 5.87. The number of nitrogens with one attached hydrogen (secondary N) is 1. The third-order valence-corrected chi connectivity index (χ3v) is 5.30. The molecule has 3 unspecified atom stereocenters. The van der Waals surface area contributed by atoms with Crippen LogP contribution in [0.4, 0.5) is 0 Å². The molecule has 0 radical (unpaired) electrons. The Bertz CT molecular complexity index is 452. The van der Waals surface area contributed by atoms with Gasteiger partial charge in [-0.25, -0.2) is 4.79 Å².